The Morgan fingerprint density at radius 3 is 2.31 bits per heavy atom. The molecule has 2 aliphatic rings. The molecule has 0 unspecified atom stereocenters. The number of carbonyl (C=O) groups excluding carboxylic acids is 2. The van der Waals surface area contributed by atoms with Crippen LogP contribution in [0.2, 0.25) is 0 Å². The van der Waals surface area contributed by atoms with Crippen molar-refractivity contribution >= 4 is 21.9 Å². The van der Waals surface area contributed by atoms with Crippen LogP contribution in [0, 0.1) is 37.8 Å². The highest BCUT2D eigenvalue weighted by molar-refractivity contribution is 7.89. The van der Waals surface area contributed by atoms with Crippen LogP contribution in [0.4, 0.5) is 8.78 Å². The van der Waals surface area contributed by atoms with E-state index in [1.165, 1.54) is 36.0 Å². The minimum absolute atomic E-state index is 0.0853. The van der Waals surface area contributed by atoms with Gasteiger partial charge in [0.1, 0.15) is 39.2 Å². The number of aryl methyl sites for hydroxylation is 3. The normalized spacial score (nSPS) is 18.1. The monoisotopic (exact) mass is 524 g/mol. The molecule has 2 aliphatic heterocycles. The fraction of sp³-hybridized carbons (Fsp3) is 0.520. The first-order chi connectivity index (χ1) is 16.9. The summed E-state index contributed by atoms with van der Waals surface area (Å²) < 4.78 is 67.8. The summed E-state index contributed by atoms with van der Waals surface area (Å²) in [5.74, 6) is -2.90. The predicted octanol–water partition coefficient (Wildman–Crippen LogP) is 3.98. The lowest BCUT2D eigenvalue weighted by Gasteiger charge is -2.39. The van der Waals surface area contributed by atoms with Gasteiger partial charge >= 0.3 is 5.97 Å². The number of amides is 1. The van der Waals surface area contributed by atoms with Crippen molar-refractivity contribution in [3.05, 3.63) is 52.0 Å². The van der Waals surface area contributed by atoms with Crippen molar-refractivity contribution in [1.29, 1.82) is 0 Å². The zero-order valence-corrected chi connectivity index (χ0v) is 21.6. The topological polar surface area (TPSA) is 97.1 Å². The van der Waals surface area contributed by atoms with Crippen LogP contribution in [0.1, 0.15) is 64.0 Å². The van der Waals surface area contributed by atoms with E-state index < -0.39 is 39.1 Å². The highest BCUT2D eigenvalue weighted by atomic mass is 32.2. The largest absolute Gasteiger partial charge is 0.464 e. The molecule has 1 amide bonds. The molecule has 0 bridgehead atoms. The number of hydrogen-bond donors (Lipinski definition) is 0. The first-order valence-corrected chi connectivity index (χ1v) is 13.4. The molecule has 1 aromatic heterocycles. The Labute approximate surface area is 209 Å². The van der Waals surface area contributed by atoms with E-state index in [0.29, 0.717) is 19.3 Å². The Hall–Kier alpha value is -2.79. The third kappa shape index (κ3) is 4.43. The van der Waals surface area contributed by atoms with Gasteiger partial charge in [-0.3, -0.25) is 4.79 Å². The van der Waals surface area contributed by atoms with Crippen molar-refractivity contribution < 1.29 is 35.9 Å². The van der Waals surface area contributed by atoms with Crippen LogP contribution in [0.3, 0.4) is 0 Å². The van der Waals surface area contributed by atoms with Crippen LogP contribution in [0.5, 0.6) is 0 Å². The SMILES string of the molecule is CCOC(=O)c1c(C)oc(C)c1S(=O)(=O)N1CCC2(CCN(C(=O)c3c(F)ccc(C)c3F)CC2)C1. The maximum absolute atomic E-state index is 14.5. The van der Waals surface area contributed by atoms with E-state index in [2.05, 4.69) is 0 Å². The summed E-state index contributed by atoms with van der Waals surface area (Å²) in [6.45, 7) is 7.23. The molecule has 0 atom stereocenters. The molecular formula is C25H30F2N2O6S. The van der Waals surface area contributed by atoms with E-state index >= 15 is 0 Å². The number of hydrogen-bond acceptors (Lipinski definition) is 6. The zero-order valence-electron chi connectivity index (χ0n) is 20.8. The zero-order chi connectivity index (χ0) is 26.4. The van der Waals surface area contributed by atoms with E-state index in [9.17, 15) is 26.8 Å². The Bertz CT molecular complexity index is 1310. The minimum atomic E-state index is -4.05. The smallest absolute Gasteiger partial charge is 0.343 e. The van der Waals surface area contributed by atoms with E-state index in [-0.39, 0.29) is 65.7 Å². The Kier molecular flexibility index (Phi) is 7.00. The molecular weight excluding hydrogens is 494 g/mol. The highest BCUT2D eigenvalue weighted by Gasteiger charge is 2.47. The lowest BCUT2D eigenvalue weighted by molar-refractivity contribution is 0.0519. The van der Waals surface area contributed by atoms with E-state index in [4.69, 9.17) is 9.15 Å². The summed E-state index contributed by atoms with van der Waals surface area (Å²) in [4.78, 5) is 26.6. The summed E-state index contributed by atoms with van der Waals surface area (Å²) in [5, 5.41) is 0. The van der Waals surface area contributed by atoms with Crippen molar-refractivity contribution in [2.45, 2.75) is 51.9 Å². The van der Waals surface area contributed by atoms with Crippen molar-refractivity contribution in [2.24, 2.45) is 5.41 Å². The number of rotatable bonds is 5. The van der Waals surface area contributed by atoms with Crippen molar-refractivity contribution in [3.63, 3.8) is 0 Å². The van der Waals surface area contributed by atoms with Gasteiger partial charge in [0.05, 0.1) is 6.61 Å². The molecule has 1 spiro atoms. The molecule has 4 rings (SSSR count). The number of benzene rings is 1. The van der Waals surface area contributed by atoms with Crippen LogP contribution in [0.25, 0.3) is 0 Å². The lowest BCUT2D eigenvalue weighted by Crippen LogP contribution is -2.45. The van der Waals surface area contributed by atoms with Crippen LogP contribution in [-0.4, -0.2) is 62.3 Å². The van der Waals surface area contributed by atoms with Crippen molar-refractivity contribution in [2.75, 3.05) is 32.8 Å². The Morgan fingerprint density at radius 1 is 1.03 bits per heavy atom. The predicted molar refractivity (Wildman–Crippen MR) is 126 cm³/mol. The van der Waals surface area contributed by atoms with Gasteiger partial charge in [-0.25, -0.2) is 22.0 Å². The molecule has 0 aliphatic carbocycles. The first-order valence-electron chi connectivity index (χ1n) is 11.9. The molecule has 3 heterocycles. The number of halogens is 2. The van der Waals surface area contributed by atoms with Gasteiger partial charge in [-0.15, -0.1) is 0 Å². The number of piperidine rings is 1. The number of ether oxygens (including phenoxy) is 1. The number of nitrogens with zero attached hydrogens (tertiary/aromatic N) is 2. The number of likely N-dealkylation sites (tertiary alicyclic amines) is 1. The molecule has 196 valence electrons. The van der Waals surface area contributed by atoms with Crippen LogP contribution >= 0.6 is 0 Å². The van der Waals surface area contributed by atoms with Gasteiger partial charge < -0.3 is 14.1 Å². The molecule has 0 radical (unpaired) electrons. The molecule has 2 aromatic rings. The quantitative estimate of drug-likeness (QED) is 0.549. The standard InChI is InChI=1S/C25H30F2N2O6S/c1-5-34-24(31)19-16(3)35-17(4)22(19)36(32,33)29-13-10-25(14-29)8-11-28(12-9-25)23(30)20-18(26)7-6-15(2)21(20)27/h6-7H,5,8-14H2,1-4H3. The summed E-state index contributed by atoms with van der Waals surface area (Å²) in [5.41, 5.74) is -0.821. The van der Waals surface area contributed by atoms with Gasteiger partial charge in [0, 0.05) is 26.2 Å². The molecule has 11 heteroatoms. The summed E-state index contributed by atoms with van der Waals surface area (Å²) in [6, 6.07) is 2.37. The maximum Gasteiger partial charge on any atom is 0.343 e. The summed E-state index contributed by atoms with van der Waals surface area (Å²) in [6.07, 6.45) is 1.56. The Balaban J connectivity index is 1.51. The molecule has 8 nitrogen and oxygen atoms in total. The van der Waals surface area contributed by atoms with Gasteiger partial charge in [0.2, 0.25) is 10.0 Å². The third-order valence-corrected chi connectivity index (χ3v) is 9.29. The average Bonchev–Trinajstić information content (AvgIpc) is 3.38. The fourth-order valence-corrected chi connectivity index (χ4v) is 7.17. The summed E-state index contributed by atoms with van der Waals surface area (Å²) >= 11 is 0. The van der Waals surface area contributed by atoms with Gasteiger partial charge in [0.25, 0.3) is 5.91 Å². The maximum atomic E-state index is 14.5. The highest BCUT2D eigenvalue weighted by Crippen LogP contribution is 2.43. The van der Waals surface area contributed by atoms with Crippen LogP contribution < -0.4 is 0 Å². The molecule has 2 fully saturated rings. The molecule has 0 saturated carbocycles. The second kappa shape index (κ2) is 9.59. The van der Waals surface area contributed by atoms with Crippen molar-refractivity contribution in [3.8, 4) is 0 Å². The summed E-state index contributed by atoms with van der Waals surface area (Å²) in [7, 11) is -4.05. The van der Waals surface area contributed by atoms with Crippen molar-refractivity contribution in [1.82, 2.24) is 9.21 Å². The van der Waals surface area contributed by atoms with Crippen LogP contribution in [-0.2, 0) is 14.8 Å². The minimum Gasteiger partial charge on any atom is -0.464 e. The molecule has 0 N–H and O–H groups in total. The number of esters is 1. The molecule has 1 aromatic carbocycles. The van der Waals surface area contributed by atoms with Gasteiger partial charge in [-0.2, -0.15) is 4.31 Å². The fourth-order valence-electron chi connectivity index (χ4n) is 5.24. The molecule has 36 heavy (non-hydrogen) atoms. The van der Waals surface area contributed by atoms with E-state index in [1.54, 1.807) is 6.92 Å². The third-order valence-electron chi connectivity index (χ3n) is 7.30. The second-order valence-electron chi connectivity index (χ2n) is 9.57. The second-order valence-corrected chi connectivity index (χ2v) is 11.4. The number of carbonyl (C=O) groups is 2. The number of furan rings is 1. The van der Waals surface area contributed by atoms with E-state index in [1.807, 2.05) is 0 Å². The first kappa shape index (κ1) is 26.3. The average molecular weight is 525 g/mol. The number of sulfonamides is 1. The lowest BCUT2D eigenvalue weighted by atomic mass is 9.77. The molecule has 2 saturated heterocycles. The van der Waals surface area contributed by atoms with Gasteiger partial charge in [-0.05, 0) is 64.0 Å². The van der Waals surface area contributed by atoms with Gasteiger partial charge in [0.15, 0.2) is 0 Å². The Morgan fingerprint density at radius 2 is 1.67 bits per heavy atom. The van der Waals surface area contributed by atoms with Crippen LogP contribution in [0.15, 0.2) is 21.4 Å². The van der Waals surface area contributed by atoms with E-state index in [0.717, 1.165) is 6.07 Å². The van der Waals surface area contributed by atoms with Gasteiger partial charge in [-0.1, -0.05) is 6.07 Å².